The van der Waals surface area contributed by atoms with Crippen molar-refractivity contribution in [3.63, 3.8) is 0 Å². The Bertz CT molecular complexity index is 592. The van der Waals surface area contributed by atoms with Crippen molar-refractivity contribution in [1.29, 1.82) is 0 Å². The Kier molecular flexibility index (Phi) is 6.02. The summed E-state index contributed by atoms with van der Waals surface area (Å²) in [6, 6.07) is 20.5. The minimum absolute atomic E-state index is 0.0374. The van der Waals surface area contributed by atoms with Crippen molar-refractivity contribution in [2.75, 3.05) is 0 Å². The summed E-state index contributed by atoms with van der Waals surface area (Å²) in [5, 5.41) is 3.06. The van der Waals surface area contributed by atoms with Gasteiger partial charge in [0.2, 0.25) is 0 Å². The maximum absolute atomic E-state index is 12.3. The summed E-state index contributed by atoms with van der Waals surface area (Å²) in [4.78, 5) is 12.3. The average Bonchev–Trinajstić information content (AvgIpc) is 2.54. The van der Waals surface area contributed by atoms with E-state index >= 15 is 0 Å². The van der Waals surface area contributed by atoms with Crippen molar-refractivity contribution in [2.45, 2.75) is 51.7 Å². The standard InChI is InChI=1S/C21H27NO2/c1-5-18(22-20(23)24-21(2,3)4)19(16-12-8-6-9-13-16)17-14-10-7-11-15-17/h6-15,18-19H,5H2,1-4H3,(H,22,23). The highest BCUT2D eigenvalue weighted by molar-refractivity contribution is 5.68. The molecule has 1 unspecified atom stereocenters. The molecule has 2 aromatic carbocycles. The van der Waals surface area contributed by atoms with E-state index in [4.69, 9.17) is 4.74 Å². The molecule has 3 heteroatoms. The van der Waals surface area contributed by atoms with E-state index in [0.717, 1.165) is 6.42 Å². The van der Waals surface area contributed by atoms with Crippen molar-refractivity contribution >= 4 is 6.09 Å². The van der Waals surface area contributed by atoms with Gasteiger partial charge in [-0.3, -0.25) is 0 Å². The van der Waals surface area contributed by atoms with Crippen molar-refractivity contribution in [3.05, 3.63) is 71.8 Å². The van der Waals surface area contributed by atoms with Crippen LogP contribution in [-0.4, -0.2) is 17.7 Å². The first kappa shape index (κ1) is 18.1. The summed E-state index contributed by atoms with van der Waals surface area (Å²) < 4.78 is 5.44. The molecule has 0 aromatic heterocycles. The quantitative estimate of drug-likeness (QED) is 0.828. The summed E-state index contributed by atoms with van der Waals surface area (Å²) in [6.07, 6.45) is 0.444. The zero-order valence-corrected chi connectivity index (χ0v) is 15.0. The molecule has 0 heterocycles. The third-order valence-corrected chi connectivity index (χ3v) is 3.86. The molecule has 3 nitrogen and oxygen atoms in total. The highest BCUT2D eigenvalue weighted by atomic mass is 16.6. The molecule has 2 rings (SSSR count). The van der Waals surface area contributed by atoms with Gasteiger partial charge in [-0.05, 0) is 38.3 Å². The summed E-state index contributed by atoms with van der Waals surface area (Å²) in [7, 11) is 0. The molecular weight excluding hydrogens is 298 g/mol. The highest BCUT2D eigenvalue weighted by Gasteiger charge is 2.27. The minimum atomic E-state index is -0.503. The lowest BCUT2D eigenvalue weighted by molar-refractivity contribution is 0.0498. The van der Waals surface area contributed by atoms with E-state index in [9.17, 15) is 4.79 Å². The van der Waals surface area contributed by atoms with Gasteiger partial charge in [0.25, 0.3) is 0 Å². The first-order chi connectivity index (χ1) is 11.4. The Labute approximate surface area is 145 Å². The van der Waals surface area contributed by atoms with Crippen LogP contribution in [0.25, 0.3) is 0 Å². The zero-order valence-electron chi connectivity index (χ0n) is 15.0. The second-order valence-corrected chi connectivity index (χ2v) is 6.96. The van der Waals surface area contributed by atoms with Gasteiger partial charge < -0.3 is 10.1 Å². The second-order valence-electron chi connectivity index (χ2n) is 6.96. The summed E-state index contributed by atoms with van der Waals surface area (Å²) >= 11 is 0. The molecule has 0 aliphatic carbocycles. The number of hydrogen-bond donors (Lipinski definition) is 1. The maximum atomic E-state index is 12.3. The molecule has 1 atom stereocenters. The number of hydrogen-bond acceptors (Lipinski definition) is 2. The normalized spacial score (nSPS) is 12.7. The molecule has 0 bridgehead atoms. The van der Waals surface area contributed by atoms with Gasteiger partial charge in [0.05, 0.1) is 0 Å². The summed E-state index contributed by atoms with van der Waals surface area (Å²) in [5.41, 5.74) is 1.87. The van der Waals surface area contributed by atoms with Crippen LogP contribution in [0.2, 0.25) is 0 Å². The third kappa shape index (κ3) is 5.12. The van der Waals surface area contributed by atoms with Crippen molar-refractivity contribution in [2.24, 2.45) is 0 Å². The lowest BCUT2D eigenvalue weighted by Gasteiger charge is -2.29. The lowest BCUT2D eigenvalue weighted by Crippen LogP contribution is -2.42. The Hall–Kier alpha value is -2.29. The number of carbonyl (C=O) groups excluding carboxylic acids is 1. The van der Waals surface area contributed by atoms with Crippen molar-refractivity contribution in [3.8, 4) is 0 Å². The SMILES string of the molecule is CCC(NC(=O)OC(C)(C)C)C(c1ccccc1)c1ccccc1. The molecule has 0 saturated carbocycles. The number of nitrogens with one attached hydrogen (secondary N) is 1. The van der Waals surface area contributed by atoms with Crippen molar-refractivity contribution in [1.82, 2.24) is 5.32 Å². The Morgan fingerprint density at radius 1 is 0.958 bits per heavy atom. The molecule has 0 aliphatic heterocycles. The fraction of sp³-hybridized carbons (Fsp3) is 0.381. The molecule has 1 N–H and O–H groups in total. The fourth-order valence-corrected chi connectivity index (χ4v) is 2.86. The second kappa shape index (κ2) is 8.00. The molecule has 0 spiro atoms. The first-order valence-electron chi connectivity index (χ1n) is 8.50. The number of amides is 1. The molecule has 0 radical (unpaired) electrons. The molecule has 0 aliphatic rings. The minimum Gasteiger partial charge on any atom is -0.444 e. The Morgan fingerprint density at radius 2 is 1.42 bits per heavy atom. The Balaban J connectivity index is 2.29. The van der Waals surface area contributed by atoms with Crippen LogP contribution in [0.3, 0.4) is 0 Å². The van der Waals surface area contributed by atoms with Gasteiger partial charge in [0, 0.05) is 12.0 Å². The number of alkyl carbamates (subject to hydrolysis) is 1. The summed E-state index contributed by atoms with van der Waals surface area (Å²) in [6.45, 7) is 7.71. The zero-order chi connectivity index (χ0) is 17.6. The maximum Gasteiger partial charge on any atom is 0.407 e. The van der Waals surface area contributed by atoms with Gasteiger partial charge in [-0.1, -0.05) is 67.6 Å². The molecule has 24 heavy (non-hydrogen) atoms. The summed E-state index contributed by atoms with van der Waals surface area (Å²) in [5.74, 6) is 0.0879. The smallest absolute Gasteiger partial charge is 0.407 e. The van der Waals surface area contributed by atoms with E-state index in [1.807, 2.05) is 57.2 Å². The molecule has 2 aromatic rings. The van der Waals surface area contributed by atoms with Gasteiger partial charge in [-0.15, -0.1) is 0 Å². The van der Waals surface area contributed by atoms with Crippen LogP contribution in [0.5, 0.6) is 0 Å². The van der Waals surface area contributed by atoms with Gasteiger partial charge in [0.1, 0.15) is 5.60 Å². The van der Waals surface area contributed by atoms with Crippen LogP contribution < -0.4 is 5.32 Å². The third-order valence-electron chi connectivity index (χ3n) is 3.86. The van der Waals surface area contributed by atoms with Gasteiger partial charge in [-0.2, -0.15) is 0 Å². The highest BCUT2D eigenvalue weighted by Crippen LogP contribution is 2.29. The van der Waals surface area contributed by atoms with Crippen LogP contribution >= 0.6 is 0 Å². The molecular formula is C21H27NO2. The average molecular weight is 325 g/mol. The van der Waals surface area contributed by atoms with Crippen LogP contribution in [-0.2, 0) is 4.74 Å². The van der Waals surface area contributed by atoms with Crippen LogP contribution in [0.15, 0.2) is 60.7 Å². The molecule has 0 fully saturated rings. The molecule has 128 valence electrons. The van der Waals surface area contributed by atoms with Crippen molar-refractivity contribution < 1.29 is 9.53 Å². The number of ether oxygens (including phenoxy) is 1. The number of benzene rings is 2. The predicted molar refractivity (Wildman–Crippen MR) is 98.2 cm³/mol. The number of rotatable bonds is 5. The van der Waals surface area contributed by atoms with E-state index in [-0.39, 0.29) is 18.1 Å². The first-order valence-corrected chi connectivity index (χ1v) is 8.50. The number of carbonyl (C=O) groups is 1. The van der Waals surface area contributed by atoms with Gasteiger partial charge in [0.15, 0.2) is 0 Å². The van der Waals surface area contributed by atoms with Gasteiger partial charge >= 0.3 is 6.09 Å². The predicted octanol–water partition coefficient (Wildman–Crippen LogP) is 5.12. The largest absolute Gasteiger partial charge is 0.444 e. The van der Waals surface area contributed by atoms with E-state index in [0.29, 0.717) is 0 Å². The van der Waals surface area contributed by atoms with E-state index < -0.39 is 5.60 Å². The van der Waals surface area contributed by atoms with Gasteiger partial charge in [-0.25, -0.2) is 4.79 Å². The van der Waals surface area contributed by atoms with E-state index in [1.54, 1.807) is 0 Å². The molecule has 1 amide bonds. The fourth-order valence-electron chi connectivity index (χ4n) is 2.86. The van der Waals surface area contributed by atoms with Crippen LogP contribution in [0.4, 0.5) is 4.79 Å². The van der Waals surface area contributed by atoms with E-state index in [2.05, 4.69) is 36.5 Å². The molecule has 0 saturated heterocycles. The van der Waals surface area contributed by atoms with Crippen LogP contribution in [0.1, 0.15) is 51.2 Å². The van der Waals surface area contributed by atoms with Crippen LogP contribution in [0, 0.1) is 0 Å². The monoisotopic (exact) mass is 325 g/mol. The topological polar surface area (TPSA) is 38.3 Å². The Morgan fingerprint density at radius 3 is 1.79 bits per heavy atom. The lowest BCUT2D eigenvalue weighted by atomic mass is 9.84. The van der Waals surface area contributed by atoms with E-state index in [1.165, 1.54) is 11.1 Å².